The van der Waals surface area contributed by atoms with Gasteiger partial charge in [-0.3, -0.25) is 9.59 Å². The van der Waals surface area contributed by atoms with Crippen LogP contribution in [0.15, 0.2) is 46.2 Å². The molecule has 0 saturated carbocycles. The number of hydrogen-bond acceptors (Lipinski definition) is 3. The Bertz CT molecular complexity index is 1020. The predicted octanol–water partition coefficient (Wildman–Crippen LogP) is 4.43. The van der Waals surface area contributed by atoms with Gasteiger partial charge in [-0.25, -0.2) is 0 Å². The van der Waals surface area contributed by atoms with Gasteiger partial charge in [-0.2, -0.15) is 13.2 Å². The Kier molecular flexibility index (Phi) is 5.30. The van der Waals surface area contributed by atoms with Crippen molar-refractivity contribution in [3.8, 4) is 0 Å². The Hall–Kier alpha value is -2.48. The smallest absolute Gasteiger partial charge is 0.344 e. The summed E-state index contributed by atoms with van der Waals surface area (Å²) in [5, 5.41) is 4.90. The van der Waals surface area contributed by atoms with Gasteiger partial charge in [0.15, 0.2) is 0 Å². The molecule has 0 radical (unpaired) electrons. The van der Waals surface area contributed by atoms with Crippen LogP contribution in [0.4, 0.5) is 13.2 Å². The standard InChI is InChI=1S/C22H21F3N2O2S/c1-11-6-7-13-16(10-11)30-15-5-3-4-12(2)18(15)19(13)27-21(29)14-8-9-17(22(23,24)25)26-20(14)28/h3-7,10,14,17,19H,8-9H2,1-2H3,(H,26,28)(H,27,29). The third-order valence-corrected chi connectivity index (χ3v) is 6.80. The zero-order valence-electron chi connectivity index (χ0n) is 16.5. The molecule has 3 atom stereocenters. The topological polar surface area (TPSA) is 58.2 Å². The van der Waals surface area contributed by atoms with E-state index in [0.29, 0.717) is 0 Å². The van der Waals surface area contributed by atoms with Gasteiger partial charge in [0.05, 0.1) is 6.04 Å². The monoisotopic (exact) mass is 434 g/mol. The van der Waals surface area contributed by atoms with Crippen molar-refractivity contribution in [1.82, 2.24) is 10.6 Å². The molecule has 2 aromatic rings. The van der Waals surface area contributed by atoms with Crippen LogP contribution in [0.5, 0.6) is 0 Å². The average molecular weight is 434 g/mol. The van der Waals surface area contributed by atoms with Crippen LogP contribution >= 0.6 is 11.8 Å². The molecule has 4 rings (SSSR count). The fraction of sp³-hybridized carbons (Fsp3) is 0.364. The number of benzene rings is 2. The molecule has 4 nitrogen and oxygen atoms in total. The van der Waals surface area contributed by atoms with Gasteiger partial charge < -0.3 is 10.6 Å². The third-order valence-electron chi connectivity index (χ3n) is 5.65. The molecule has 2 heterocycles. The molecule has 30 heavy (non-hydrogen) atoms. The fourth-order valence-corrected chi connectivity index (χ4v) is 5.37. The SMILES string of the molecule is Cc1ccc2c(c1)Sc1cccc(C)c1C2NC(=O)C1CCC(C(F)(F)F)NC1=O. The molecular formula is C22H21F3N2O2S. The second-order valence-corrected chi connectivity index (χ2v) is 8.89. The lowest BCUT2D eigenvalue weighted by atomic mass is 9.90. The van der Waals surface area contributed by atoms with E-state index in [1.807, 2.05) is 55.6 Å². The number of alkyl halides is 3. The molecule has 0 spiro atoms. The highest BCUT2D eigenvalue weighted by Gasteiger charge is 2.46. The Labute approximate surface area is 176 Å². The van der Waals surface area contributed by atoms with Crippen molar-refractivity contribution < 1.29 is 22.8 Å². The Morgan fingerprint density at radius 2 is 1.90 bits per heavy atom. The highest BCUT2D eigenvalue weighted by molar-refractivity contribution is 7.99. The molecule has 3 unspecified atom stereocenters. The van der Waals surface area contributed by atoms with Crippen molar-refractivity contribution in [2.24, 2.45) is 5.92 Å². The van der Waals surface area contributed by atoms with Crippen LogP contribution in [0.25, 0.3) is 0 Å². The van der Waals surface area contributed by atoms with Gasteiger partial charge in [0.1, 0.15) is 12.0 Å². The van der Waals surface area contributed by atoms with Gasteiger partial charge in [-0.1, -0.05) is 36.0 Å². The van der Waals surface area contributed by atoms with E-state index in [9.17, 15) is 22.8 Å². The summed E-state index contributed by atoms with van der Waals surface area (Å²) in [5.41, 5.74) is 3.97. The van der Waals surface area contributed by atoms with Crippen LogP contribution in [0.3, 0.4) is 0 Å². The molecule has 158 valence electrons. The van der Waals surface area contributed by atoms with Crippen molar-refractivity contribution in [1.29, 1.82) is 0 Å². The maximum atomic E-state index is 13.0. The van der Waals surface area contributed by atoms with E-state index in [1.165, 1.54) is 0 Å². The minimum atomic E-state index is -4.51. The fourth-order valence-electron chi connectivity index (χ4n) is 4.05. The van der Waals surface area contributed by atoms with Crippen LogP contribution in [0.2, 0.25) is 0 Å². The lowest BCUT2D eigenvalue weighted by Gasteiger charge is -2.33. The van der Waals surface area contributed by atoms with Crippen LogP contribution in [0.1, 0.15) is 41.1 Å². The first-order valence-corrected chi connectivity index (χ1v) is 10.5. The summed E-state index contributed by atoms with van der Waals surface area (Å²) in [5.74, 6) is -2.56. The van der Waals surface area contributed by atoms with E-state index in [0.717, 1.165) is 32.0 Å². The van der Waals surface area contributed by atoms with Crippen molar-refractivity contribution in [3.05, 3.63) is 58.7 Å². The van der Waals surface area contributed by atoms with Gasteiger partial charge in [0.25, 0.3) is 0 Å². The average Bonchev–Trinajstić information content (AvgIpc) is 2.66. The Morgan fingerprint density at radius 3 is 2.60 bits per heavy atom. The largest absolute Gasteiger partial charge is 0.408 e. The highest BCUT2D eigenvalue weighted by atomic mass is 32.2. The van der Waals surface area contributed by atoms with Crippen molar-refractivity contribution in [2.45, 2.75) is 54.7 Å². The number of rotatable bonds is 2. The van der Waals surface area contributed by atoms with Crippen molar-refractivity contribution in [2.75, 3.05) is 0 Å². The Balaban J connectivity index is 1.62. The van der Waals surface area contributed by atoms with E-state index >= 15 is 0 Å². The summed E-state index contributed by atoms with van der Waals surface area (Å²) in [7, 11) is 0. The van der Waals surface area contributed by atoms with Crippen LogP contribution in [-0.4, -0.2) is 24.0 Å². The summed E-state index contributed by atoms with van der Waals surface area (Å²) in [6, 6.07) is 9.50. The molecule has 2 N–H and O–H groups in total. The first kappa shape index (κ1) is 20.8. The summed E-state index contributed by atoms with van der Waals surface area (Å²) in [6.07, 6.45) is -4.95. The summed E-state index contributed by atoms with van der Waals surface area (Å²) < 4.78 is 38.7. The van der Waals surface area contributed by atoms with Crippen molar-refractivity contribution in [3.63, 3.8) is 0 Å². The lowest BCUT2D eigenvalue weighted by Crippen LogP contribution is -2.54. The quantitative estimate of drug-likeness (QED) is 0.688. The zero-order chi connectivity index (χ0) is 21.6. The number of carbonyl (C=O) groups excluding carboxylic acids is 2. The van der Waals surface area contributed by atoms with E-state index in [4.69, 9.17) is 0 Å². The molecule has 2 aromatic carbocycles. The molecule has 0 aliphatic carbocycles. The van der Waals surface area contributed by atoms with E-state index < -0.39 is 36.0 Å². The Morgan fingerprint density at radius 1 is 1.13 bits per heavy atom. The minimum absolute atomic E-state index is 0.134. The molecule has 0 bridgehead atoms. The first-order chi connectivity index (χ1) is 14.1. The summed E-state index contributed by atoms with van der Waals surface area (Å²) in [4.78, 5) is 27.3. The van der Waals surface area contributed by atoms with Gasteiger partial charge in [0.2, 0.25) is 11.8 Å². The highest BCUT2D eigenvalue weighted by Crippen LogP contribution is 2.46. The summed E-state index contributed by atoms with van der Waals surface area (Å²) in [6.45, 7) is 3.95. The number of halogens is 3. The van der Waals surface area contributed by atoms with Crippen LogP contribution in [0, 0.1) is 19.8 Å². The number of carbonyl (C=O) groups is 2. The second-order valence-electron chi connectivity index (χ2n) is 7.80. The van der Waals surface area contributed by atoms with Gasteiger partial charge in [-0.15, -0.1) is 0 Å². The third kappa shape index (κ3) is 3.80. The molecule has 8 heteroatoms. The molecule has 0 aromatic heterocycles. The molecular weight excluding hydrogens is 413 g/mol. The van der Waals surface area contributed by atoms with E-state index in [-0.39, 0.29) is 12.8 Å². The van der Waals surface area contributed by atoms with Crippen LogP contribution < -0.4 is 10.6 Å². The van der Waals surface area contributed by atoms with Crippen LogP contribution in [-0.2, 0) is 9.59 Å². The normalized spacial score (nSPS) is 23.2. The molecule has 2 aliphatic heterocycles. The zero-order valence-corrected chi connectivity index (χ0v) is 17.3. The summed E-state index contributed by atoms with van der Waals surface area (Å²) >= 11 is 1.63. The number of piperidine rings is 1. The second kappa shape index (κ2) is 7.65. The number of nitrogens with one attached hydrogen (secondary N) is 2. The number of hydrogen-bond donors (Lipinski definition) is 2. The number of fused-ring (bicyclic) bond motifs is 2. The maximum Gasteiger partial charge on any atom is 0.408 e. The molecule has 1 fully saturated rings. The van der Waals surface area contributed by atoms with Gasteiger partial charge >= 0.3 is 6.18 Å². The van der Waals surface area contributed by atoms with Crippen molar-refractivity contribution >= 4 is 23.6 Å². The lowest BCUT2D eigenvalue weighted by molar-refractivity contribution is -0.171. The molecule has 2 amide bonds. The van der Waals surface area contributed by atoms with E-state index in [2.05, 4.69) is 5.32 Å². The number of aryl methyl sites for hydroxylation is 2. The maximum absolute atomic E-state index is 13.0. The minimum Gasteiger partial charge on any atom is -0.344 e. The van der Waals surface area contributed by atoms with E-state index in [1.54, 1.807) is 11.8 Å². The first-order valence-electron chi connectivity index (χ1n) is 9.70. The van der Waals surface area contributed by atoms with Gasteiger partial charge in [-0.05, 0) is 61.1 Å². The molecule has 2 aliphatic rings. The molecule has 1 saturated heterocycles. The number of amides is 2. The van der Waals surface area contributed by atoms with Gasteiger partial charge in [0, 0.05) is 9.79 Å². The predicted molar refractivity (Wildman–Crippen MR) is 107 cm³/mol.